The Hall–Kier alpha value is -2.89. The van der Waals surface area contributed by atoms with Gasteiger partial charge >= 0.3 is 0 Å². The summed E-state index contributed by atoms with van der Waals surface area (Å²) >= 11 is 0. The lowest BCUT2D eigenvalue weighted by Gasteiger charge is -2.41. The summed E-state index contributed by atoms with van der Waals surface area (Å²) in [6.07, 6.45) is 3.21. The van der Waals surface area contributed by atoms with Gasteiger partial charge < -0.3 is 14.4 Å². The number of aryl methyl sites for hydroxylation is 1. The van der Waals surface area contributed by atoms with Crippen LogP contribution in [-0.2, 0) is 18.3 Å². The molecule has 0 aliphatic carbocycles. The van der Waals surface area contributed by atoms with Crippen LogP contribution in [0.2, 0.25) is 0 Å². The first kappa shape index (κ1) is 17.9. The molecule has 1 aliphatic heterocycles. The Kier molecular flexibility index (Phi) is 5.21. The molecule has 2 amide bonds. The third-order valence-corrected chi connectivity index (χ3v) is 4.73. The van der Waals surface area contributed by atoms with Crippen LogP contribution in [0.1, 0.15) is 16.1 Å². The average Bonchev–Trinajstić information content (AvgIpc) is 2.99. The van der Waals surface area contributed by atoms with Gasteiger partial charge in [-0.2, -0.15) is 0 Å². The van der Waals surface area contributed by atoms with E-state index in [1.54, 1.807) is 16.8 Å². The van der Waals surface area contributed by atoms with E-state index in [2.05, 4.69) is 6.58 Å². The summed E-state index contributed by atoms with van der Waals surface area (Å²) in [7, 11) is 1.65. The molecule has 1 aromatic carbocycles. The topological polar surface area (TPSA) is 45.6 Å². The molecular weight excluding hydrogens is 333 g/mol. The van der Waals surface area contributed by atoms with Crippen LogP contribution in [0.5, 0.6) is 0 Å². The number of piperazine rings is 1. The van der Waals surface area contributed by atoms with E-state index in [9.17, 15) is 14.0 Å². The number of hydrogen-bond donors (Lipinski definition) is 0. The highest BCUT2D eigenvalue weighted by molar-refractivity contribution is 5.93. The summed E-state index contributed by atoms with van der Waals surface area (Å²) in [6, 6.07) is 10.9. The lowest BCUT2D eigenvalue weighted by Crippen LogP contribution is -2.57. The lowest BCUT2D eigenvalue weighted by atomic mass is 10.0. The molecule has 5 nitrogen and oxygen atoms in total. The Morgan fingerprint density at radius 2 is 2.00 bits per heavy atom. The van der Waals surface area contributed by atoms with E-state index in [4.69, 9.17) is 0 Å². The third-order valence-electron chi connectivity index (χ3n) is 4.73. The monoisotopic (exact) mass is 355 g/mol. The van der Waals surface area contributed by atoms with Crippen LogP contribution in [0.3, 0.4) is 0 Å². The summed E-state index contributed by atoms with van der Waals surface area (Å²) in [5, 5.41) is 0. The van der Waals surface area contributed by atoms with Gasteiger partial charge in [0, 0.05) is 38.9 Å². The molecule has 6 heteroatoms. The van der Waals surface area contributed by atoms with E-state index in [-0.39, 0.29) is 17.9 Å². The van der Waals surface area contributed by atoms with Gasteiger partial charge in [0.05, 0.1) is 6.04 Å². The first-order chi connectivity index (χ1) is 12.5. The van der Waals surface area contributed by atoms with Crippen LogP contribution in [-0.4, -0.2) is 51.9 Å². The Morgan fingerprint density at radius 3 is 2.62 bits per heavy atom. The molecule has 136 valence electrons. The Labute approximate surface area is 152 Å². The number of halogens is 1. The molecule has 2 heterocycles. The largest absolute Gasteiger partial charge is 0.344 e. The Morgan fingerprint density at radius 1 is 1.27 bits per heavy atom. The van der Waals surface area contributed by atoms with Crippen molar-refractivity contribution in [2.24, 2.45) is 7.05 Å². The molecule has 1 atom stereocenters. The molecule has 1 aliphatic rings. The van der Waals surface area contributed by atoms with E-state index < -0.39 is 5.82 Å². The van der Waals surface area contributed by atoms with Gasteiger partial charge in [0.15, 0.2) is 0 Å². The van der Waals surface area contributed by atoms with Gasteiger partial charge in [-0.25, -0.2) is 4.39 Å². The zero-order chi connectivity index (χ0) is 18.7. The minimum Gasteiger partial charge on any atom is -0.344 e. The van der Waals surface area contributed by atoms with E-state index in [1.165, 1.54) is 22.9 Å². The maximum absolute atomic E-state index is 13.5. The highest BCUT2D eigenvalue weighted by atomic mass is 19.1. The molecule has 0 N–H and O–H groups in total. The summed E-state index contributed by atoms with van der Waals surface area (Å²) in [5.41, 5.74) is 1.39. The molecule has 1 saturated heterocycles. The van der Waals surface area contributed by atoms with Crippen LogP contribution in [0.15, 0.2) is 55.3 Å². The van der Waals surface area contributed by atoms with Crippen molar-refractivity contribution in [3.8, 4) is 0 Å². The second-order valence-electron chi connectivity index (χ2n) is 6.48. The smallest absolute Gasteiger partial charge is 0.270 e. The predicted octanol–water partition coefficient (Wildman–Crippen LogP) is 2.25. The van der Waals surface area contributed by atoms with Crippen molar-refractivity contribution in [2.75, 3.05) is 19.6 Å². The summed E-state index contributed by atoms with van der Waals surface area (Å²) in [4.78, 5) is 28.5. The fraction of sp³-hybridized carbons (Fsp3) is 0.300. The zero-order valence-electron chi connectivity index (χ0n) is 14.8. The van der Waals surface area contributed by atoms with Gasteiger partial charge in [-0.05, 0) is 18.1 Å². The van der Waals surface area contributed by atoms with Crippen LogP contribution >= 0.6 is 0 Å². The number of amides is 2. The number of aromatic nitrogens is 1. The fourth-order valence-corrected chi connectivity index (χ4v) is 3.40. The van der Waals surface area contributed by atoms with Crippen molar-refractivity contribution in [1.29, 1.82) is 0 Å². The van der Waals surface area contributed by atoms with E-state index in [1.807, 2.05) is 30.3 Å². The maximum atomic E-state index is 13.5. The number of hydrogen-bond acceptors (Lipinski definition) is 2. The lowest BCUT2D eigenvalue weighted by molar-refractivity contribution is -0.128. The van der Waals surface area contributed by atoms with E-state index >= 15 is 0 Å². The molecule has 0 bridgehead atoms. The molecule has 0 radical (unpaired) electrons. The number of benzene rings is 1. The van der Waals surface area contributed by atoms with Gasteiger partial charge in [0.25, 0.3) is 5.91 Å². The van der Waals surface area contributed by atoms with Gasteiger partial charge in [0.1, 0.15) is 11.5 Å². The SMILES string of the molecule is C=CC(=O)N1CCN(C(=O)c2cc(F)cn2C)C(Cc2ccccc2)C1. The first-order valence-electron chi connectivity index (χ1n) is 8.57. The summed E-state index contributed by atoms with van der Waals surface area (Å²) in [6.45, 7) is 4.82. The zero-order valence-corrected chi connectivity index (χ0v) is 14.8. The van der Waals surface area contributed by atoms with E-state index in [0.29, 0.717) is 31.7 Å². The van der Waals surface area contributed by atoms with Crippen LogP contribution in [0, 0.1) is 5.82 Å². The minimum atomic E-state index is -0.434. The number of rotatable bonds is 4. The molecule has 2 aromatic rings. The van der Waals surface area contributed by atoms with Crippen LogP contribution in [0.4, 0.5) is 4.39 Å². The molecule has 0 spiro atoms. The number of nitrogens with zero attached hydrogens (tertiary/aromatic N) is 3. The molecule has 0 saturated carbocycles. The number of carbonyl (C=O) groups is 2. The summed E-state index contributed by atoms with van der Waals surface area (Å²) in [5.74, 6) is -0.793. The average molecular weight is 355 g/mol. The number of carbonyl (C=O) groups excluding carboxylic acids is 2. The van der Waals surface area contributed by atoms with Crippen molar-refractivity contribution in [2.45, 2.75) is 12.5 Å². The van der Waals surface area contributed by atoms with Crippen molar-refractivity contribution in [1.82, 2.24) is 14.4 Å². The van der Waals surface area contributed by atoms with Crippen LogP contribution in [0.25, 0.3) is 0 Å². The van der Waals surface area contributed by atoms with Gasteiger partial charge in [-0.3, -0.25) is 9.59 Å². The Bertz CT molecular complexity index is 816. The van der Waals surface area contributed by atoms with Crippen LogP contribution < -0.4 is 0 Å². The first-order valence-corrected chi connectivity index (χ1v) is 8.57. The quantitative estimate of drug-likeness (QED) is 0.790. The standard InChI is InChI=1S/C20H22FN3O2/c1-3-19(25)23-9-10-24(20(26)18-12-16(21)13-22(18)2)17(14-23)11-15-7-5-4-6-8-15/h3-8,12-13,17H,1,9-11,14H2,2H3. The molecule has 1 unspecified atom stereocenters. The minimum absolute atomic E-state index is 0.139. The molecule has 1 fully saturated rings. The van der Waals surface area contributed by atoms with Gasteiger partial charge in [0.2, 0.25) is 5.91 Å². The molecule has 26 heavy (non-hydrogen) atoms. The second kappa shape index (κ2) is 7.56. The molecular formula is C20H22FN3O2. The third kappa shape index (κ3) is 3.69. The Balaban J connectivity index is 1.86. The normalized spacial score (nSPS) is 17.2. The van der Waals surface area contributed by atoms with Crippen molar-refractivity contribution >= 4 is 11.8 Å². The van der Waals surface area contributed by atoms with Crippen molar-refractivity contribution in [3.63, 3.8) is 0 Å². The highest BCUT2D eigenvalue weighted by Crippen LogP contribution is 2.19. The fourth-order valence-electron chi connectivity index (χ4n) is 3.40. The maximum Gasteiger partial charge on any atom is 0.270 e. The highest BCUT2D eigenvalue weighted by Gasteiger charge is 2.33. The van der Waals surface area contributed by atoms with Gasteiger partial charge in [-0.15, -0.1) is 0 Å². The molecule has 1 aromatic heterocycles. The van der Waals surface area contributed by atoms with Crippen molar-refractivity contribution in [3.05, 3.63) is 72.3 Å². The van der Waals surface area contributed by atoms with E-state index in [0.717, 1.165) is 5.56 Å². The predicted molar refractivity (Wildman–Crippen MR) is 97.1 cm³/mol. The molecule has 3 rings (SSSR count). The second-order valence-corrected chi connectivity index (χ2v) is 6.48. The summed E-state index contributed by atoms with van der Waals surface area (Å²) < 4.78 is 15.0. The van der Waals surface area contributed by atoms with Gasteiger partial charge in [-0.1, -0.05) is 36.9 Å². The van der Waals surface area contributed by atoms with Crippen molar-refractivity contribution < 1.29 is 14.0 Å².